The zero-order valence-corrected chi connectivity index (χ0v) is 19.1. The molecule has 0 bridgehead atoms. The summed E-state index contributed by atoms with van der Waals surface area (Å²) >= 11 is 1.81. The summed E-state index contributed by atoms with van der Waals surface area (Å²) in [7, 11) is 0. The molecule has 2 heterocycles. The number of fused-ring (bicyclic) bond motifs is 2. The summed E-state index contributed by atoms with van der Waals surface area (Å²) in [5, 5.41) is 2.19. The molecule has 2 aromatic rings. The van der Waals surface area contributed by atoms with Crippen LogP contribution in [0.1, 0.15) is 30.6 Å². The molecule has 4 rings (SSSR count). The highest BCUT2D eigenvalue weighted by Gasteiger charge is 2.24. The summed E-state index contributed by atoms with van der Waals surface area (Å²) < 4.78 is 5.76. The van der Waals surface area contributed by atoms with E-state index < -0.39 is 0 Å². The van der Waals surface area contributed by atoms with Crippen LogP contribution >= 0.6 is 11.8 Å². The second kappa shape index (κ2) is 9.61. The lowest BCUT2D eigenvalue weighted by Gasteiger charge is -2.20. The highest BCUT2D eigenvalue weighted by atomic mass is 32.2. The van der Waals surface area contributed by atoms with Crippen LogP contribution in [0, 0.1) is 5.92 Å². The number of ether oxygens (including phenoxy) is 1. The Hall–Kier alpha value is -2.72. The summed E-state index contributed by atoms with van der Waals surface area (Å²) in [4.78, 5) is 16.5. The van der Waals surface area contributed by atoms with Gasteiger partial charge in [-0.15, -0.1) is 11.8 Å². The third-order valence-corrected chi connectivity index (χ3v) is 7.04. The molecule has 3 nitrogen and oxygen atoms in total. The lowest BCUT2D eigenvalue weighted by molar-refractivity contribution is 0.104. The van der Waals surface area contributed by atoms with E-state index in [0.717, 1.165) is 64.5 Å². The molecule has 1 saturated heterocycles. The van der Waals surface area contributed by atoms with Crippen molar-refractivity contribution in [2.75, 3.05) is 25.4 Å². The number of carbonyl (C=O) groups is 1. The molecule has 1 unspecified atom stereocenters. The van der Waals surface area contributed by atoms with Crippen LogP contribution in [0.3, 0.4) is 0 Å². The Balaban J connectivity index is 1.49. The second-order valence-electron chi connectivity index (χ2n) is 8.02. The van der Waals surface area contributed by atoms with Crippen molar-refractivity contribution in [2.45, 2.75) is 25.2 Å². The SMILES string of the molecule is C=C/C=C\C(=C/C)C1CCN(/C(C)=C/C(=O)c2ccc3cc4c(cc3c2)SCCO4)C1. The number of allylic oxidation sites excluding steroid dienone is 6. The summed E-state index contributed by atoms with van der Waals surface area (Å²) in [5.41, 5.74) is 3.10. The second-order valence-corrected chi connectivity index (χ2v) is 9.16. The van der Waals surface area contributed by atoms with Crippen molar-refractivity contribution in [3.8, 4) is 5.75 Å². The Morgan fingerprint density at radius 1 is 1.26 bits per heavy atom. The van der Waals surface area contributed by atoms with Crippen molar-refractivity contribution in [1.29, 1.82) is 0 Å². The van der Waals surface area contributed by atoms with Crippen molar-refractivity contribution in [1.82, 2.24) is 4.90 Å². The molecule has 0 radical (unpaired) electrons. The third-order valence-electron chi connectivity index (χ3n) is 6.04. The van der Waals surface area contributed by atoms with Crippen molar-refractivity contribution < 1.29 is 9.53 Å². The molecule has 0 saturated carbocycles. The quantitative estimate of drug-likeness (QED) is 0.300. The van der Waals surface area contributed by atoms with E-state index in [-0.39, 0.29) is 5.78 Å². The lowest BCUT2D eigenvalue weighted by Crippen LogP contribution is -2.19. The van der Waals surface area contributed by atoms with E-state index in [4.69, 9.17) is 4.74 Å². The largest absolute Gasteiger partial charge is 0.492 e. The Labute approximate surface area is 189 Å². The normalized spacial score (nSPS) is 19.5. The number of thioether (sulfide) groups is 1. The zero-order chi connectivity index (χ0) is 21.8. The van der Waals surface area contributed by atoms with Crippen molar-refractivity contribution in [3.05, 3.63) is 84.1 Å². The van der Waals surface area contributed by atoms with Gasteiger partial charge >= 0.3 is 0 Å². The molecular formula is C27H29NO2S. The molecule has 0 N–H and O–H groups in total. The highest BCUT2D eigenvalue weighted by molar-refractivity contribution is 7.99. The molecule has 1 fully saturated rings. The summed E-state index contributed by atoms with van der Waals surface area (Å²) in [6.07, 6.45) is 11.0. The molecule has 0 amide bonds. The van der Waals surface area contributed by atoms with Crippen molar-refractivity contribution in [2.24, 2.45) is 5.92 Å². The fraction of sp³-hybridized carbons (Fsp3) is 0.296. The van der Waals surface area contributed by atoms with Crippen LogP contribution in [0.15, 0.2) is 83.5 Å². The fourth-order valence-corrected chi connectivity index (χ4v) is 5.16. The van der Waals surface area contributed by atoms with E-state index in [9.17, 15) is 4.79 Å². The number of likely N-dealkylation sites (tertiary alicyclic amines) is 1. The number of rotatable bonds is 6. The van der Waals surface area contributed by atoms with E-state index in [2.05, 4.69) is 42.7 Å². The van der Waals surface area contributed by atoms with Gasteiger partial charge in [0.2, 0.25) is 0 Å². The Morgan fingerprint density at radius 3 is 2.94 bits per heavy atom. The average molecular weight is 432 g/mol. The van der Waals surface area contributed by atoms with Crippen LogP contribution in [0.4, 0.5) is 0 Å². The highest BCUT2D eigenvalue weighted by Crippen LogP contribution is 2.37. The van der Waals surface area contributed by atoms with Crippen LogP contribution in [0.25, 0.3) is 10.8 Å². The third kappa shape index (κ3) is 4.80. The molecule has 31 heavy (non-hydrogen) atoms. The first kappa shape index (κ1) is 21.5. The Kier molecular flexibility index (Phi) is 6.67. The first-order valence-corrected chi connectivity index (χ1v) is 11.8. The molecule has 160 valence electrons. The van der Waals surface area contributed by atoms with E-state index in [1.54, 1.807) is 6.08 Å². The predicted molar refractivity (Wildman–Crippen MR) is 131 cm³/mol. The molecule has 0 spiro atoms. The van der Waals surface area contributed by atoms with Gasteiger partial charge in [-0.2, -0.15) is 0 Å². The van der Waals surface area contributed by atoms with Gasteiger partial charge in [0.15, 0.2) is 5.78 Å². The van der Waals surface area contributed by atoms with Crippen molar-refractivity contribution in [3.63, 3.8) is 0 Å². The van der Waals surface area contributed by atoms with Crippen molar-refractivity contribution >= 4 is 28.3 Å². The van der Waals surface area contributed by atoms with Gasteiger partial charge in [-0.25, -0.2) is 0 Å². The van der Waals surface area contributed by atoms with Crippen LogP contribution in [0.2, 0.25) is 0 Å². The van der Waals surface area contributed by atoms with E-state index in [0.29, 0.717) is 5.92 Å². The number of hydrogen-bond acceptors (Lipinski definition) is 4. The predicted octanol–water partition coefficient (Wildman–Crippen LogP) is 6.42. The van der Waals surface area contributed by atoms with Gasteiger partial charge in [0.05, 0.1) is 11.5 Å². The van der Waals surface area contributed by atoms with Gasteiger partial charge in [-0.1, -0.05) is 43.0 Å². The smallest absolute Gasteiger partial charge is 0.187 e. The van der Waals surface area contributed by atoms with Crippen LogP contribution in [-0.2, 0) is 0 Å². The maximum Gasteiger partial charge on any atom is 0.187 e. The van der Waals surface area contributed by atoms with E-state index >= 15 is 0 Å². The monoisotopic (exact) mass is 431 g/mol. The molecule has 2 aliphatic rings. The van der Waals surface area contributed by atoms with Gasteiger partial charge in [-0.3, -0.25) is 4.79 Å². The topological polar surface area (TPSA) is 29.5 Å². The van der Waals surface area contributed by atoms with Crippen LogP contribution < -0.4 is 4.74 Å². The maximum absolute atomic E-state index is 13.0. The van der Waals surface area contributed by atoms with Gasteiger partial charge in [0.25, 0.3) is 0 Å². The minimum Gasteiger partial charge on any atom is -0.492 e. The number of ketones is 1. The number of hydrogen-bond donors (Lipinski definition) is 0. The van der Waals surface area contributed by atoms with Crippen LogP contribution in [-0.4, -0.2) is 36.1 Å². The molecule has 0 aliphatic carbocycles. The summed E-state index contributed by atoms with van der Waals surface area (Å²) in [5.74, 6) is 2.47. The summed E-state index contributed by atoms with van der Waals surface area (Å²) in [6, 6.07) is 10.2. The van der Waals surface area contributed by atoms with Gasteiger partial charge < -0.3 is 9.64 Å². The Morgan fingerprint density at radius 2 is 2.13 bits per heavy atom. The minimum absolute atomic E-state index is 0.0577. The molecule has 4 heteroatoms. The van der Waals surface area contributed by atoms with E-state index in [1.165, 1.54) is 5.57 Å². The number of carbonyl (C=O) groups excluding carboxylic acids is 1. The maximum atomic E-state index is 13.0. The molecule has 1 atom stereocenters. The zero-order valence-electron chi connectivity index (χ0n) is 18.3. The number of benzene rings is 2. The molecule has 0 aromatic heterocycles. The molecule has 2 aliphatic heterocycles. The molecule has 2 aromatic carbocycles. The first-order valence-electron chi connectivity index (χ1n) is 10.9. The Bertz CT molecular complexity index is 1100. The fourth-order valence-electron chi connectivity index (χ4n) is 4.30. The summed E-state index contributed by atoms with van der Waals surface area (Å²) in [6.45, 7) is 10.6. The van der Waals surface area contributed by atoms with Crippen LogP contribution in [0.5, 0.6) is 5.75 Å². The van der Waals surface area contributed by atoms with Gasteiger partial charge in [-0.05, 0) is 54.8 Å². The number of nitrogens with zero attached hydrogens (tertiary/aromatic N) is 1. The molecular weight excluding hydrogens is 402 g/mol. The standard InChI is InChI=1S/C27H29NO2S/c1-4-6-7-20(5-2)23-10-11-28(18-23)19(3)14-25(29)22-9-8-21-16-26-27(17-24(21)15-22)31-13-12-30-26/h4-9,14-17,23H,1,10-13,18H2,2-3H3/b7-6-,19-14+,20-5+. The minimum atomic E-state index is 0.0577. The first-order chi connectivity index (χ1) is 15.1. The van der Waals surface area contributed by atoms with E-state index in [1.807, 2.05) is 49.0 Å². The lowest BCUT2D eigenvalue weighted by atomic mass is 9.97. The van der Waals surface area contributed by atoms with Gasteiger partial charge in [0.1, 0.15) is 5.75 Å². The average Bonchev–Trinajstić information content (AvgIpc) is 3.28. The van der Waals surface area contributed by atoms with Gasteiger partial charge in [0, 0.05) is 42.1 Å².